The van der Waals surface area contributed by atoms with E-state index in [1.807, 2.05) is 13.8 Å². The Labute approximate surface area is 82.9 Å². The number of anilines is 1. The van der Waals surface area contributed by atoms with Crippen molar-refractivity contribution in [3.8, 4) is 6.07 Å². The molecule has 0 saturated heterocycles. The summed E-state index contributed by atoms with van der Waals surface area (Å²) in [6.45, 7) is 3.67. The fraction of sp³-hybridized carbons (Fsp3) is 0.300. The van der Waals surface area contributed by atoms with E-state index < -0.39 is 0 Å². The van der Waals surface area contributed by atoms with Crippen LogP contribution in [0.2, 0.25) is 5.02 Å². The van der Waals surface area contributed by atoms with Crippen LogP contribution in [-0.4, -0.2) is 0 Å². The van der Waals surface area contributed by atoms with E-state index >= 15 is 0 Å². The number of halogens is 1. The van der Waals surface area contributed by atoms with Crippen LogP contribution in [-0.2, 0) is 0 Å². The second-order valence-electron chi connectivity index (χ2n) is 3.03. The third kappa shape index (κ3) is 1.76. The minimum Gasteiger partial charge on any atom is -0.398 e. The van der Waals surface area contributed by atoms with Crippen molar-refractivity contribution < 1.29 is 0 Å². The highest BCUT2D eigenvalue weighted by atomic mass is 35.5. The van der Waals surface area contributed by atoms with E-state index in [1.165, 1.54) is 0 Å². The molecule has 0 aromatic heterocycles. The van der Waals surface area contributed by atoms with Gasteiger partial charge in [-0.05, 0) is 31.0 Å². The molecular formula is C10H11ClN2. The second-order valence-corrected chi connectivity index (χ2v) is 3.41. The first-order valence-electron chi connectivity index (χ1n) is 4.02. The van der Waals surface area contributed by atoms with E-state index in [0.717, 1.165) is 11.1 Å². The van der Waals surface area contributed by atoms with Crippen molar-refractivity contribution >= 4 is 17.3 Å². The van der Waals surface area contributed by atoms with Gasteiger partial charge < -0.3 is 5.73 Å². The summed E-state index contributed by atoms with van der Waals surface area (Å²) in [6.07, 6.45) is 0. The molecule has 0 fully saturated rings. The molecule has 1 atom stereocenters. The first kappa shape index (κ1) is 9.88. The van der Waals surface area contributed by atoms with Crippen molar-refractivity contribution in [2.45, 2.75) is 19.8 Å². The summed E-state index contributed by atoms with van der Waals surface area (Å²) < 4.78 is 0. The lowest BCUT2D eigenvalue weighted by atomic mass is 10.00. The van der Waals surface area contributed by atoms with Gasteiger partial charge in [-0.2, -0.15) is 5.26 Å². The van der Waals surface area contributed by atoms with Crippen LogP contribution in [0.3, 0.4) is 0 Å². The molecule has 0 amide bonds. The third-order valence-electron chi connectivity index (χ3n) is 2.12. The van der Waals surface area contributed by atoms with Gasteiger partial charge in [-0.3, -0.25) is 0 Å². The highest BCUT2D eigenvalue weighted by Gasteiger charge is 2.11. The molecule has 68 valence electrons. The first-order valence-corrected chi connectivity index (χ1v) is 4.39. The lowest BCUT2D eigenvalue weighted by Crippen LogP contribution is -1.96. The van der Waals surface area contributed by atoms with E-state index in [1.54, 1.807) is 12.1 Å². The molecule has 0 saturated carbocycles. The molecule has 0 bridgehead atoms. The predicted octanol–water partition coefficient (Wildman–Crippen LogP) is 2.86. The fourth-order valence-corrected chi connectivity index (χ4v) is 1.46. The molecule has 2 nitrogen and oxygen atoms in total. The molecule has 1 aromatic carbocycles. The van der Waals surface area contributed by atoms with Gasteiger partial charge in [0, 0.05) is 5.69 Å². The molecular weight excluding hydrogens is 184 g/mol. The molecule has 2 N–H and O–H groups in total. The Morgan fingerprint density at radius 3 is 2.69 bits per heavy atom. The summed E-state index contributed by atoms with van der Waals surface area (Å²) in [4.78, 5) is 0. The molecule has 0 aliphatic carbocycles. The summed E-state index contributed by atoms with van der Waals surface area (Å²) in [5.74, 6) is -0.188. The number of rotatable bonds is 1. The number of hydrogen-bond acceptors (Lipinski definition) is 2. The number of nitrogens with two attached hydrogens (primary N) is 1. The number of nitriles is 1. The molecule has 0 aliphatic heterocycles. The van der Waals surface area contributed by atoms with Gasteiger partial charge in [-0.15, -0.1) is 0 Å². The van der Waals surface area contributed by atoms with Crippen molar-refractivity contribution in [2.75, 3.05) is 5.73 Å². The Bertz CT molecular complexity index is 366. The highest BCUT2D eigenvalue weighted by molar-refractivity contribution is 6.32. The zero-order valence-corrected chi connectivity index (χ0v) is 8.39. The SMILES string of the molecule is Cc1c(N)ccc(C(C)C#N)c1Cl. The minimum atomic E-state index is -0.188. The quantitative estimate of drug-likeness (QED) is 0.699. The summed E-state index contributed by atoms with van der Waals surface area (Å²) >= 11 is 6.04. The van der Waals surface area contributed by atoms with Crippen LogP contribution in [0.1, 0.15) is 24.0 Å². The molecule has 0 heterocycles. The maximum Gasteiger partial charge on any atom is 0.0701 e. The molecule has 1 unspecified atom stereocenters. The maximum absolute atomic E-state index is 8.73. The van der Waals surface area contributed by atoms with E-state index in [4.69, 9.17) is 22.6 Å². The van der Waals surface area contributed by atoms with Gasteiger partial charge in [0.05, 0.1) is 17.0 Å². The molecule has 1 aromatic rings. The fourth-order valence-electron chi connectivity index (χ4n) is 1.12. The number of benzene rings is 1. The van der Waals surface area contributed by atoms with Crippen LogP contribution in [0.4, 0.5) is 5.69 Å². The van der Waals surface area contributed by atoms with Crippen molar-refractivity contribution in [3.63, 3.8) is 0 Å². The zero-order valence-electron chi connectivity index (χ0n) is 7.63. The average molecular weight is 195 g/mol. The lowest BCUT2D eigenvalue weighted by molar-refractivity contribution is 0.979. The molecule has 0 aliphatic rings. The topological polar surface area (TPSA) is 49.8 Å². The van der Waals surface area contributed by atoms with E-state index in [2.05, 4.69) is 6.07 Å². The third-order valence-corrected chi connectivity index (χ3v) is 2.62. The number of hydrogen-bond donors (Lipinski definition) is 1. The van der Waals surface area contributed by atoms with Gasteiger partial charge >= 0.3 is 0 Å². The van der Waals surface area contributed by atoms with Gasteiger partial charge in [0.25, 0.3) is 0 Å². The van der Waals surface area contributed by atoms with Gasteiger partial charge in [0.2, 0.25) is 0 Å². The van der Waals surface area contributed by atoms with E-state index in [0.29, 0.717) is 10.7 Å². The van der Waals surface area contributed by atoms with E-state index in [-0.39, 0.29) is 5.92 Å². The predicted molar refractivity (Wildman–Crippen MR) is 54.6 cm³/mol. The molecule has 0 spiro atoms. The Hall–Kier alpha value is -1.20. The van der Waals surface area contributed by atoms with Crippen molar-refractivity contribution in [3.05, 3.63) is 28.3 Å². The molecule has 13 heavy (non-hydrogen) atoms. The Morgan fingerprint density at radius 1 is 1.54 bits per heavy atom. The number of nitrogens with zero attached hydrogens (tertiary/aromatic N) is 1. The van der Waals surface area contributed by atoms with Gasteiger partial charge in [-0.1, -0.05) is 17.7 Å². The van der Waals surface area contributed by atoms with Gasteiger partial charge in [0.1, 0.15) is 0 Å². The van der Waals surface area contributed by atoms with Crippen molar-refractivity contribution in [1.29, 1.82) is 5.26 Å². The molecule has 3 heteroatoms. The summed E-state index contributed by atoms with van der Waals surface area (Å²) in [5.41, 5.74) is 8.02. The average Bonchev–Trinajstić information content (AvgIpc) is 2.13. The first-order chi connectivity index (χ1) is 6.07. The minimum absolute atomic E-state index is 0.188. The second kappa shape index (κ2) is 3.68. The zero-order chi connectivity index (χ0) is 10.0. The van der Waals surface area contributed by atoms with E-state index in [9.17, 15) is 0 Å². The largest absolute Gasteiger partial charge is 0.398 e. The van der Waals surface area contributed by atoms with Crippen LogP contribution in [0.25, 0.3) is 0 Å². The van der Waals surface area contributed by atoms with Crippen LogP contribution in [0.5, 0.6) is 0 Å². The molecule has 1 rings (SSSR count). The monoisotopic (exact) mass is 194 g/mol. The van der Waals surface area contributed by atoms with Crippen molar-refractivity contribution in [1.82, 2.24) is 0 Å². The van der Waals surface area contributed by atoms with Crippen molar-refractivity contribution in [2.24, 2.45) is 0 Å². The van der Waals surface area contributed by atoms with Crippen LogP contribution in [0.15, 0.2) is 12.1 Å². The lowest BCUT2D eigenvalue weighted by Gasteiger charge is -2.10. The smallest absolute Gasteiger partial charge is 0.0701 e. The van der Waals surface area contributed by atoms with Gasteiger partial charge in [0.15, 0.2) is 0 Å². The number of nitrogen functional groups attached to an aromatic ring is 1. The van der Waals surface area contributed by atoms with Crippen LogP contribution in [0, 0.1) is 18.3 Å². The normalized spacial score (nSPS) is 12.2. The van der Waals surface area contributed by atoms with Crippen LogP contribution >= 0.6 is 11.6 Å². The highest BCUT2D eigenvalue weighted by Crippen LogP contribution is 2.30. The molecule has 0 radical (unpaired) electrons. The summed E-state index contributed by atoms with van der Waals surface area (Å²) in [5, 5.41) is 9.34. The van der Waals surface area contributed by atoms with Gasteiger partial charge in [-0.25, -0.2) is 0 Å². The summed E-state index contributed by atoms with van der Waals surface area (Å²) in [6, 6.07) is 5.73. The standard InChI is InChI=1S/C10H11ClN2/c1-6(5-12)8-3-4-9(13)7(2)10(8)11/h3-4,6H,13H2,1-2H3. The maximum atomic E-state index is 8.73. The van der Waals surface area contributed by atoms with Crippen LogP contribution < -0.4 is 5.73 Å². The Kier molecular flexibility index (Phi) is 2.79. The summed E-state index contributed by atoms with van der Waals surface area (Å²) in [7, 11) is 0. The Morgan fingerprint density at radius 2 is 2.15 bits per heavy atom. The Balaban J connectivity index is 3.28.